The molecule has 1 heterocycles. The largest absolute Gasteiger partial charge is 0.478 e. The van der Waals surface area contributed by atoms with Crippen LogP contribution in [0.15, 0.2) is 18.2 Å². The molecule has 0 aromatic heterocycles. The molecule has 0 spiro atoms. The van der Waals surface area contributed by atoms with Gasteiger partial charge in [0.15, 0.2) is 0 Å². The van der Waals surface area contributed by atoms with Gasteiger partial charge in [0, 0.05) is 12.6 Å². The molecule has 114 valence electrons. The van der Waals surface area contributed by atoms with Crippen LogP contribution in [-0.4, -0.2) is 35.9 Å². The number of urea groups is 1. The molecule has 21 heavy (non-hydrogen) atoms. The lowest BCUT2D eigenvalue weighted by atomic mass is 10.0. The SMILES string of the molecule is CC1CC(NC(=O)Nc2cc(C(=O)O)ccc2F)CCO1. The van der Waals surface area contributed by atoms with E-state index in [-0.39, 0.29) is 23.4 Å². The zero-order chi connectivity index (χ0) is 15.4. The van der Waals surface area contributed by atoms with E-state index in [1.54, 1.807) is 0 Å². The summed E-state index contributed by atoms with van der Waals surface area (Å²) in [4.78, 5) is 22.7. The highest BCUT2D eigenvalue weighted by atomic mass is 19.1. The number of ether oxygens (including phenoxy) is 1. The van der Waals surface area contributed by atoms with Gasteiger partial charge in [-0.25, -0.2) is 14.0 Å². The summed E-state index contributed by atoms with van der Waals surface area (Å²) in [6.45, 7) is 2.48. The van der Waals surface area contributed by atoms with Crippen molar-refractivity contribution in [3.05, 3.63) is 29.6 Å². The molecule has 1 aromatic carbocycles. The van der Waals surface area contributed by atoms with E-state index < -0.39 is 17.8 Å². The summed E-state index contributed by atoms with van der Waals surface area (Å²) in [5.74, 6) is -1.87. The third kappa shape index (κ3) is 4.16. The van der Waals surface area contributed by atoms with Crippen molar-refractivity contribution in [3.8, 4) is 0 Å². The lowest BCUT2D eigenvalue weighted by Gasteiger charge is -2.27. The van der Waals surface area contributed by atoms with Gasteiger partial charge in [-0.15, -0.1) is 0 Å². The molecule has 2 atom stereocenters. The number of nitrogens with one attached hydrogen (secondary N) is 2. The van der Waals surface area contributed by atoms with E-state index in [1.165, 1.54) is 0 Å². The fraction of sp³-hybridized carbons (Fsp3) is 0.429. The molecule has 6 nitrogen and oxygen atoms in total. The number of benzene rings is 1. The minimum Gasteiger partial charge on any atom is -0.478 e. The highest BCUT2D eigenvalue weighted by Gasteiger charge is 2.21. The first-order valence-corrected chi connectivity index (χ1v) is 6.67. The third-order valence-electron chi connectivity index (χ3n) is 3.28. The molecule has 1 aliphatic heterocycles. The van der Waals surface area contributed by atoms with Crippen LogP contribution in [0.3, 0.4) is 0 Å². The number of carbonyl (C=O) groups is 2. The summed E-state index contributed by atoms with van der Waals surface area (Å²) in [5.41, 5.74) is -0.251. The van der Waals surface area contributed by atoms with Crippen LogP contribution in [0.2, 0.25) is 0 Å². The lowest BCUT2D eigenvalue weighted by molar-refractivity contribution is 0.0157. The number of rotatable bonds is 3. The second-order valence-electron chi connectivity index (χ2n) is 5.00. The van der Waals surface area contributed by atoms with Crippen molar-refractivity contribution in [3.63, 3.8) is 0 Å². The Morgan fingerprint density at radius 3 is 2.86 bits per heavy atom. The van der Waals surface area contributed by atoms with Crippen LogP contribution in [-0.2, 0) is 4.74 Å². The van der Waals surface area contributed by atoms with Crippen molar-refractivity contribution < 1.29 is 23.8 Å². The van der Waals surface area contributed by atoms with Crippen molar-refractivity contribution in [2.24, 2.45) is 0 Å². The van der Waals surface area contributed by atoms with Gasteiger partial charge in [-0.2, -0.15) is 0 Å². The van der Waals surface area contributed by atoms with E-state index in [4.69, 9.17) is 9.84 Å². The average molecular weight is 296 g/mol. The Bertz CT molecular complexity index is 550. The van der Waals surface area contributed by atoms with Crippen LogP contribution >= 0.6 is 0 Å². The molecular weight excluding hydrogens is 279 g/mol. The maximum Gasteiger partial charge on any atom is 0.335 e. The highest BCUT2D eigenvalue weighted by Crippen LogP contribution is 2.17. The maximum atomic E-state index is 13.6. The zero-order valence-corrected chi connectivity index (χ0v) is 11.6. The predicted octanol–water partition coefficient (Wildman–Crippen LogP) is 2.21. The van der Waals surface area contributed by atoms with Crippen LogP contribution in [0, 0.1) is 5.82 Å². The van der Waals surface area contributed by atoms with Crippen LogP contribution in [0.1, 0.15) is 30.1 Å². The summed E-state index contributed by atoms with van der Waals surface area (Å²) < 4.78 is 19.0. The van der Waals surface area contributed by atoms with Gasteiger partial charge in [-0.05, 0) is 38.0 Å². The molecule has 0 saturated carbocycles. The van der Waals surface area contributed by atoms with E-state index in [2.05, 4.69) is 10.6 Å². The number of halogens is 1. The number of amides is 2. The monoisotopic (exact) mass is 296 g/mol. The van der Waals surface area contributed by atoms with Gasteiger partial charge >= 0.3 is 12.0 Å². The molecule has 1 fully saturated rings. The summed E-state index contributed by atoms with van der Waals surface area (Å²) >= 11 is 0. The second-order valence-corrected chi connectivity index (χ2v) is 5.00. The number of carbonyl (C=O) groups excluding carboxylic acids is 1. The van der Waals surface area contributed by atoms with E-state index in [9.17, 15) is 14.0 Å². The van der Waals surface area contributed by atoms with E-state index >= 15 is 0 Å². The molecule has 1 saturated heterocycles. The van der Waals surface area contributed by atoms with Gasteiger partial charge < -0.3 is 20.5 Å². The molecule has 0 aliphatic carbocycles. The minimum atomic E-state index is -1.18. The van der Waals surface area contributed by atoms with Gasteiger partial charge in [0.05, 0.1) is 17.4 Å². The number of hydrogen-bond donors (Lipinski definition) is 3. The first-order chi connectivity index (χ1) is 9.95. The Labute approximate surface area is 121 Å². The Balaban J connectivity index is 1.99. The normalized spacial score (nSPS) is 21.6. The summed E-state index contributed by atoms with van der Waals surface area (Å²) in [7, 11) is 0. The van der Waals surface area contributed by atoms with Crippen LogP contribution in [0.4, 0.5) is 14.9 Å². The van der Waals surface area contributed by atoms with Gasteiger partial charge in [0.1, 0.15) is 5.82 Å². The fourth-order valence-electron chi connectivity index (χ4n) is 2.23. The fourth-order valence-corrected chi connectivity index (χ4v) is 2.23. The smallest absolute Gasteiger partial charge is 0.335 e. The Hall–Kier alpha value is -2.15. The van der Waals surface area contributed by atoms with Gasteiger partial charge in [0.2, 0.25) is 0 Å². The Morgan fingerprint density at radius 2 is 2.19 bits per heavy atom. The first-order valence-electron chi connectivity index (χ1n) is 6.67. The average Bonchev–Trinajstić information content (AvgIpc) is 2.41. The topological polar surface area (TPSA) is 87.7 Å². The van der Waals surface area contributed by atoms with Crippen molar-refractivity contribution in [1.29, 1.82) is 0 Å². The molecule has 0 radical (unpaired) electrons. The quantitative estimate of drug-likeness (QED) is 0.798. The van der Waals surface area contributed by atoms with Crippen molar-refractivity contribution in [2.75, 3.05) is 11.9 Å². The Morgan fingerprint density at radius 1 is 1.43 bits per heavy atom. The molecule has 1 aromatic rings. The van der Waals surface area contributed by atoms with E-state index in [0.717, 1.165) is 18.2 Å². The van der Waals surface area contributed by atoms with Gasteiger partial charge in [-0.3, -0.25) is 0 Å². The summed E-state index contributed by atoms with van der Waals surface area (Å²) in [5, 5.41) is 13.9. The van der Waals surface area contributed by atoms with Gasteiger partial charge in [0.25, 0.3) is 0 Å². The molecule has 2 rings (SSSR count). The molecule has 1 aliphatic rings. The number of aromatic carboxylic acids is 1. The number of carboxylic acids is 1. The number of anilines is 1. The molecule has 2 unspecified atom stereocenters. The minimum absolute atomic E-state index is 0.0422. The molecular formula is C14H17FN2O4. The zero-order valence-electron chi connectivity index (χ0n) is 11.6. The second kappa shape index (κ2) is 6.53. The molecule has 2 amide bonds. The van der Waals surface area contributed by atoms with Gasteiger partial charge in [-0.1, -0.05) is 0 Å². The number of carboxylic acid groups (broad SMARTS) is 1. The molecule has 7 heteroatoms. The van der Waals surface area contributed by atoms with Crippen molar-refractivity contribution in [2.45, 2.75) is 31.9 Å². The summed E-state index contributed by atoms with van der Waals surface area (Å²) in [6, 6.07) is 2.63. The molecule has 0 bridgehead atoms. The predicted molar refractivity (Wildman–Crippen MR) is 73.9 cm³/mol. The summed E-state index contributed by atoms with van der Waals surface area (Å²) in [6.07, 6.45) is 1.44. The highest BCUT2D eigenvalue weighted by molar-refractivity contribution is 5.93. The Kier molecular flexibility index (Phi) is 4.74. The lowest BCUT2D eigenvalue weighted by Crippen LogP contribution is -2.43. The number of hydrogen-bond acceptors (Lipinski definition) is 3. The van der Waals surface area contributed by atoms with Crippen LogP contribution < -0.4 is 10.6 Å². The van der Waals surface area contributed by atoms with Crippen LogP contribution in [0.5, 0.6) is 0 Å². The van der Waals surface area contributed by atoms with Crippen molar-refractivity contribution in [1.82, 2.24) is 5.32 Å². The van der Waals surface area contributed by atoms with E-state index in [1.807, 2.05) is 6.92 Å². The third-order valence-corrected chi connectivity index (χ3v) is 3.28. The van der Waals surface area contributed by atoms with Crippen LogP contribution in [0.25, 0.3) is 0 Å². The standard InChI is InChI=1S/C14H17FN2O4/c1-8-6-10(4-5-21-8)16-14(20)17-12-7-9(13(18)19)2-3-11(12)15/h2-3,7-8,10H,4-6H2,1H3,(H,18,19)(H2,16,17,20). The van der Waals surface area contributed by atoms with E-state index in [0.29, 0.717) is 19.4 Å². The maximum absolute atomic E-state index is 13.6. The first kappa shape index (κ1) is 15.2. The van der Waals surface area contributed by atoms with Crippen molar-refractivity contribution >= 4 is 17.7 Å². The molecule has 3 N–H and O–H groups in total.